The molecule has 1 fully saturated rings. The molecule has 0 amide bonds. The molecule has 0 radical (unpaired) electrons. The van der Waals surface area contributed by atoms with Crippen LogP contribution in [0.2, 0.25) is 5.02 Å². The first kappa shape index (κ1) is 18.9. The van der Waals surface area contributed by atoms with Crippen LogP contribution in [0.25, 0.3) is 0 Å². The second-order valence-corrected chi connectivity index (χ2v) is 6.83. The SMILES string of the molecule is COCCCOC(C)c1cccc(Nc2ncc(Cl)c(NC3CC3)n2)c1. The van der Waals surface area contributed by atoms with Gasteiger partial charge in [0.25, 0.3) is 0 Å². The summed E-state index contributed by atoms with van der Waals surface area (Å²) in [5.74, 6) is 1.20. The molecule has 1 aromatic carbocycles. The molecule has 1 aromatic heterocycles. The van der Waals surface area contributed by atoms with Crippen LogP contribution < -0.4 is 10.6 Å². The number of methoxy groups -OCH3 is 1. The largest absolute Gasteiger partial charge is 0.385 e. The van der Waals surface area contributed by atoms with E-state index in [1.54, 1.807) is 13.3 Å². The molecule has 0 bridgehead atoms. The van der Waals surface area contributed by atoms with Crippen LogP contribution in [-0.4, -0.2) is 36.3 Å². The van der Waals surface area contributed by atoms with Gasteiger partial charge >= 0.3 is 0 Å². The normalized spacial score (nSPS) is 14.9. The van der Waals surface area contributed by atoms with E-state index in [1.165, 1.54) is 0 Å². The fourth-order valence-electron chi connectivity index (χ4n) is 2.51. The Morgan fingerprint density at radius 1 is 1.31 bits per heavy atom. The van der Waals surface area contributed by atoms with Crippen LogP contribution in [0.5, 0.6) is 0 Å². The van der Waals surface area contributed by atoms with Gasteiger partial charge in [-0.1, -0.05) is 23.7 Å². The predicted octanol–water partition coefficient (Wildman–Crippen LogP) is 4.56. The van der Waals surface area contributed by atoms with Crippen molar-refractivity contribution in [3.63, 3.8) is 0 Å². The maximum absolute atomic E-state index is 6.17. The first-order chi connectivity index (χ1) is 12.7. The summed E-state index contributed by atoms with van der Waals surface area (Å²) in [6.07, 6.45) is 4.83. The molecule has 3 rings (SSSR count). The zero-order valence-electron chi connectivity index (χ0n) is 15.2. The molecule has 2 N–H and O–H groups in total. The first-order valence-electron chi connectivity index (χ1n) is 8.92. The minimum atomic E-state index is 0.00633. The van der Waals surface area contributed by atoms with E-state index in [9.17, 15) is 0 Å². The van der Waals surface area contributed by atoms with Gasteiger partial charge < -0.3 is 20.1 Å². The number of ether oxygens (including phenoxy) is 2. The molecular formula is C19H25ClN4O2. The Hall–Kier alpha value is -1.89. The van der Waals surface area contributed by atoms with Crippen LogP contribution in [-0.2, 0) is 9.47 Å². The molecule has 7 heteroatoms. The number of hydrogen-bond donors (Lipinski definition) is 2. The summed E-state index contributed by atoms with van der Waals surface area (Å²) in [7, 11) is 1.70. The average Bonchev–Trinajstić information content (AvgIpc) is 3.46. The lowest BCUT2D eigenvalue weighted by Gasteiger charge is -2.15. The van der Waals surface area contributed by atoms with Crippen molar-refractivity contribution in [2.75, 3.05) is 31.0 Å². The molecule has 140 valence electrons. The van der Waals surface area contributed by atoms with E-state index in [2.05, 4.69) is 26.7 Å². The van der Waals surface area contributed by atoms with Crippen LogP contribution in [0.1, 0.15) is 37.9 Å². The fourth-order valence-corrected chi connectivity index (χ4v) is 2.65. The molecule has 6 nitrogen and oxygen atoms in total. The Balaban J connectivity index is 1.62. The minimum absolute atomic E-state index is 0.00633. The van der Waals surface area contributed by atoms with Gasteiger partial charge in [-0.3, -0.25) is 0 Å². The Bertz CT molecular complexity index is 724. The predicted molar refractivity (Wildman–Crippen MR) is 104 cm³/mol. The van der Waals surface area contributed by atoms with E-state index in [0.717, 1.165) is 30.5 Å². The average molecular weight is 377 g/mol. The van der Waals surface area contributed by atoms with Crippen molar-refractivity contribution < 1.29 is 9.47 Å². The number of rotatable bonds is 10. The highest BCUT2D eigenvalue weighted by atomic mass is 35.5. The maximum Gasteiger partial charge on any atom is 0.229 e. The lowest BCUT2D eigenvalue weighted by atomic mass is 10.1. The van der Waals surface area contributed by atoms with Crippen molar-refractivity contribution in [3.05, 3.63) is 41.0 Å². The molecule has 1 unspecified atom stereocenters. The monoisotopic (exact) mass is 376 g/mol. The summed E-state index contributed by atoms with van der Waals surface area (Å²) in [4.78, 5) is 8.75. The van der Waals surface area contributed by atoms with E-state index in [-0.39, 0.29) is 6.10 Å². The van der Waals surface area contributed by atoms with Gasteiger partial charge in [-0.25, -0.2) is 4.98 Å². The van der Waals surface area contributed by atoms with Crippen molar-refractivity contribution in [2.45, 2.75) is 38.3 Å². The topological polar surface area (TPSA) is 68.3 Å². The maximum atomic E-state index is 6.17. The highest BCUT2D eigenvalue weighted by molar-refractivity contribution is 6.32. The third kappa shape index (κ3) is 5.56. The molecule has 0 saturated heterocycles. The number of hydrogen-bond acceptors (Lipinski definition) is 6. The van der Waals surface area contributed by atoms with Gasteiger partial charge in [-0.2, -0.15) is 4.98 Å². The van der Waals surface area contributed by atoms with E-state index in [4.69, 9.17) is 21.1 Å². The van der Waals surface area contributed by atoms with Gasteiger partial charge in [0, 0.05) is 32.1 Å². The molecule has 1 aliphatic rings. The van der Waals surface area contributed by atoms with Gasteiger partial charge in [-0.05, 0) is 43.9 Å². The van der Waals surface area contributed by atoms with Gasteiger partial charge in [0.05, 0.1) is 12.3 Å². The summed E-state index contributed by atoms with van der Waals surface area (Å²) < 4.78 is 10.9. The van der Waals surface area contributed by atoms with Gasteiger partial charge in [0.1, 0.15) is 5.02 Å². The van der Waals surface area contributed by atoms with Crippen molar-refractivity contribution in [2.24, 2.45) is 0 Å². The highest BCUT2D eigenvalue weighted by Gasteiger charge is 2.22. The van der Waals surface area contributed by atoms with E-state index in [0.29, 0.717) is 36.0 Å². The highest BCUT2D eigenvalue weighted by Crippen LogP contribution is 2.29. The molecule has 2 aromatic rings. The zero-order valence-corrected chi connectivity index (χ0v) is 15.9. The molecule has 1 saturated carbocycles. The number of nitrogens with zero attached hydrogens (tertiary/aromatic N) is 2. The third-order valence-corrected chi connectivity index (χ3v) is 4.41. The van der Waals surface area contributed by atoms with Crippen molar-refractivity contribution in [1.29, 1.82) is 0 Å². The quantitative estimate of drug-likeness (QED) is 0.592. The van der Waals surface area contributed by atoms with E-state index in [1.807, 2.05) is 25.1 Å². The Morgan fingerprint density at radius 2 is 2.15 bits per heavy atom. The summed E-state index contributed by atoms with van der Waals surface area (Å²) in [5, 5.41) is 7.10. The molecule has 1 heterocycles. The standard InChI is InChI=1S/C19H25ClN4O2/c1-13(26-10-4-9-25-2)14-5-3-6-16(11-14)23-19-21-12-17(20)18(24-19)22-15-7-8-15/h3,5-6,11-13,15H,4,7-10H2,1-2H3,(H2,21,22,23,24). The number of benzene rings is 1. The van der Waals surface area contributed by atoms with Gasteiger partial charge in [0.2, 0.25) is 5.95 Å². The van der Waals surface area contributed by atoms with Crippen molar-refractivity contribution >= 4 is 29.1 Å². The third-order valence-electron chi connectivity index (χ3n) is 4.14. The second kappa shape index (κ2) is 9.16. The van der Waals surface area contributed by atoms with Gasteiger partial charge in [0.15, 0.2) is 5.82 Å². The number of aromatic nitrogens is 2. The van der Waals surface area contributed by atoms with Crippen LogP contribution in [0, 0.1) is 0 Å². The second-order valence-electron chi connectivity index (χ2n) is 6.42. The molecule has 0 spiro atoms. The number of anilines is 3. The zero-order chi connectivity index (χ0) is 18.4. The summed E-state index contributed by atoms with van der Waals surface area (Å²) in [6.45, 7) is 3.42. The molecular weight excluding hydrogens is 352 g/mol. The van der Waals surface area contributed by atoms with Crippen LogP contribution >= 0.6 is 11.6 Å². The summed E-state index contributed by atoms with van der Waals surface area (Å²) >= 11 is 6.17. The summed E-state index contributed by atoms with van der Waals surface area (Å²) in [5.41, 5.74) is 2.01. The Morgan fingerprint density at radius 3 is 2.92 bits per heavy atom. The lowest BCUT2D eigenvalue weighted by molar-refractivity contribution is 0.0499. The van der Waals surface area contributed by atoms with E-state index < -0.39 is 0 Å². The number of halogens is 1. The van der Waals surface area contributed by atoms with E-state index >= 15 is 0 Å². The fraction of sp³-hybridized carbons (Fsp3) is 0.474. The molecule has 1 aliphatic carbocycles. The van der Waals surface area contributed by atoms with Gasteiger partial charge in [-0.15, -0.1) is 0 Å². The molecule has 0 aliphatic heterocycles. The van der Waals surface area contributed by atoms with Crippen molar-refractivity contribution in [1.82, 2.24) is 9.97 Å². The smallest absolute Gasteiger partial charge is 0.229 e. The summed E-state index contributed by atoms with van der Waals surface area (Å²) in [6, 6.07) is 8.55. The Kier molecular flexibility index (Phi) is 6.66. The van der Waals surface area contributed by atoms with Crippen molar-refractivity contribution in [3.8, 4) is 0 Å². The van der Waals surface area contributed by atoms with Crippen LogP contribution in [0.15, 0.2) is 30.5 Å². The first-order valence-corrected chi connectivity index (χ1v) is 9.30. The lowest BCUT2D eigenvalue weighted by Crippen LogP contribution is -2.07. The Labute approximate surface area is 159 Å². The molecule has 1 atom stereocenters. The van der Waals surface area contributed by atoms with Crippen LogP contribution in [0.3, 0.4) is 0 Å². The number of nitrogens with one attached hydrogen (secondary N) is 2. The van der Waals surface area contributed by atoms with Crippen LogP contribution in [0.4, 0.5) is 17.5 Å². The minimum Gasteiger partial charge on any atom is -0.385 e. The molecule has 26 heavy (non-hydrogen) atoms.